The quantitative estimate of drug-likeness (QED) is 0.528. The second-order valence-corrected chi connectivity index (χ2v) is 6.66. The van der Waals surface area contributed by atoms with E-state index in [0.29, 0.717) is 19.5 Å². The first-order valence-electron chi connectivity index (χ1n) is 9.30. The van der Waals surface area contributed by atoms with E-state index >= 15 is 0 Å². The maximum atomic E-state index is 8.76. The average molecular weight is 356 g/mol. The van der Waals surface area contributed by atoms with Crippen molar-refractivity contribution in [3.05, 3.63) is 9.91 Å². The normalized spacial score (nSPS) is 19.5. The molecule has 8 nitrogen and oxygen atoms in total. The predicted octanol–water partition coefficient (Wildman–Crippen LogP) is 1.32. The average Bonchev–Trinajstić information content (AvgIpc) is 2.66. The minimum Gasteiger partial charge on any atom is -0.289 e. The summed E-state index contributed by atoms with van der Waals surface area (Å²) in [6.45, 7) is 8.76. The Morgan fingerprint density at radius 3 is 1.92 bits per heavy atom. The molecule has 0 bridgehead atoms. The highest BCUT2D eigenvalue weighted by Gasteiger charge is 2.18. The molecule has 26 heavy (non-hydrogen) atoms. The zero-order chi connectivity index (χ0) is 18.5. The Labute approximate surface area is 156 Å². The van der Waals surface area contributed by atoms with Crippen LogP contribution in [0.15, 0.2) is 0 Å². The summed E-state index contributed by atoms with van der Waals surface area (Å²) in [6, 6.07) is 10.3. The van der Waals surface area contributed by atoms with Crippen LogP contribution in [0, 0.1) is 34.8 Å². The Balaban J connectivity index is 1.61. The summed E-state index contributed by atoms with van der Waals surface area (Å²) in [5.41, 5.74) is 0. The van der Waals surface area contributed by atoms with Crippen LogP contribution in [0.4, 0.5) is 0 Å². The lowest BCUT2D eigenvalue weighted by molar-refractivity contribution is 0.0898. The summed E-state index contributed by atoms with van der Waals surface area (Å²) in [7, 11) is 0. The van der Waals surface area contributed by atoms with E-state index in [4.69, 9.17) is 10.5 Å². The van der Waals surface area contributed by atoms with Gasteiger partial charge in [-0.05, 0) is 12.8 Å². The van der Waals surface area contributed by atoms with Crippen molar-refractivity contribution in [2.75, 3.05) is 65.7 Å². The third-order valence-electron chi connectivity index (χ3n) is 4.56. The number of hydrogen-bond donors (Lipinski definition) is 0. The third-order valence-corrected chi connectivity index (χ3v) is 4.56. The summed E-state index contributed by atoms with van der Waals surface area (Å²) < 4.78 is 0. The molecule has 0 amide bonds. The lowest BCUT2D eigenvalue weighted by Gasteiger charge is -2.34. The van der Waals surface area contributed by atoms with Crippen molar-refractivity contribution >= 4 is 0 Å². The molecule has 2 aliphatic heterocycles. The molecule has 2 heterocycles. The van der Waals surface area contributed by atoms with E-state index in [2.05, 4.69) is 53.8 Å². The maximum absolute atomic E-state index is 8.76. The van der Waals surface area contributed by atoms with Crippen molar-refractivity contribution in [2.24, 2.45) is 0 Å². The second-order valence-electron chi connectivity index (χ2n) is 6.66. The van der Waals surface area contributed by atoms with E-state index in [0.717, 1.165) is 71.9 Å². The molecule has 0 spiro atoms. The smallest absolute Gasteiger partial charge is 0.289 e. The van der Waals surface area contributed by atoms with E-state index in [1.54, 1.807) is 0 Å². The molecule has 0 atom stereocenters. The van der Waals surface area contributed by atoms with Crippen LogP contribution in [-0.2, 0) is 0 Å². The Morgan fingerprint density at radius 1 is 0.654 bits per heavy atom. The number of nitriles is 2. The Bertz CT molecular complexity index is 626. The van der Waals surface area contributed by atoms with Crippen LogP contribution >= 0.6 is 0 Å². The van der Waals surface area contributed by atoms with Gasteiger partial charge in [0.2, 0.25) is 0 Å². The minimum absolute atomic E-state index is 0.476. The van der Waals surface area contributed by atoms with Gasteiger partial charge in [-0.15, -0.1) is 0 Å². The van der Waals surface area contributed by atoms with Crippen molar-refractivity contribution < 1.29 is 0 Å². The zero-order valence-corrected chi connectivity index (χ0v) is 15.5. The summed E-state index contributed by atoms with van der Waals surface area (Å²) in [4.78, 5) is 16.9. The van der Waals surface area contributed by atoms with Crippen LogP contribution in [0.2, 0.25) is 0 Å². The molecule has 2 rings (SSSR count). The van der Waals surface area contributed by atoms with Crippen LogP contribution in [0.5, 0.6) is 0 Å². The Morgan fingerprint density at radius 2 is 1.23 bits per heavy atom. The molecule has 2 saturated heterocycles. The van der Waals surface area contributed by atoms with E-state index in [9.17, 15) is 0 Å². The molecule has 0 saturated carbocycles. The molecule has 2 aliphatic rings. The first kappa shape index (κ1) is 20.1. The first-order chi connectivity index (χ1) is 12.8. The number of rotatable bonds is 6. The van der Waals surface area contributed by atoms with Gasteiger partial charge in [-0.3, -0.25) is 19.6 Å². The SMILES string of the molecule is N#CCCN1CCCN(CCC#[N+][N+]#CCN2CCCN(CC#N)C2)C1. The van der Waals surface area contributed by atoms with Gasteiger partial charge in [-0.25, -0.2) is 0 Å². The topological polar surface area (TPSA) is 69.3 Å². The highest BCUT2D eigenvalue weighted by atomic mass is 15.3. The molecule has 0 aliphatic carbocycles. The van der Waals surface area contributed by atoms with E-state index in [1.807, 2.05) is 0 Å². The Hall–Kier alpha value is -2.20. The molecule has 2 fully saturated rings. The van der Waals surface area contributed by atoms with E-state index in [1.165, 1.54) is 0 Å². The molecule has 0 aromatic heterocycles. The summed E-state index contributed by atoms with van der Waals surface area (Å²) >= 11 is 0. The molecular weight excluding hydrogens is 328 g/mol. The lowest BCUT2D eigenvalue weighted by Crippen LogP contribution is -2.45. The zero-order valence-electron chi connectivity index (χ0n) is 15.5. The van der Waals surface area contributed by atoms with Gasteiger partial charge in [0.15, 0.2) is 0 Å². The monoisotopic (exact) mass is 356 g/mol. The third kappa shape index (κ3) is 7.79. The summed E-state index contributed by atoms with van der Waals surface area (Å²) in [5.74, 6) is 0. The van der Waals surface area contributed by atoms with Gasteiger partial charge in [0, 0.05) is 45.7 Å². The van der Waals surface area contributed by atoms with Crippen LogP contribution in [0.3, 0.4) is 0 Å². The van der Waals surface area contributed by atoms with Crippen molar-refractivity contribution in [2.45, 2.75) is 25.7 Å². The van der Waals surface area contributed by atoms with Gasteiger partial charge in [0.1, 0.15) is 13.0 Å². The molecule has 0 unspecified atom stereocenters. The molecule has 0 aromatic rings. The maximum Gasteiger partial charge on any atom is 0.405 e. The molecule has 0 aromatic carbocycles. The van der Waals surface area contributed by atoms with Gasteiger partial charge in [0.05, 0.1) is 32.0 Å². The van der Waals surface area contributed by atoms with Crippen molar-refractivity contribution in [1.82, 2.24) is 19.6 Å². The highest BCUT2D eigenvalue weighted by Crippen LogP contribution is 2.07. The largest absolute Gasteiger partial charge is 0.405 e. The van der Waals surface area contributed by atoms with Crippen LogP contribution in [0.25, 0.3) is 9.91 Å². The van der Waals surface area contributed by atoms with Gasteiger partial charge in [0.25, 0.3) is 0 Å². The van der Waals surface area contributed by atoms with Crippen molar-refractivity contribution in [3.63, 3.8) is 0 Å². The fourth-order valence-corrected chi connectivity index (χ4v) is 3.28. The van der Waals surface area contributed by atoms with Crippen LogP contribution < -0.4 is 0 Å². The Kier molecular flexibility index (Phi) is 9.44. The minimum atomic E-state index is 0.476. The standard InChI is InChI=1S/C18H28N8/c19-5-1-9-23-11-3-12-24(17-23)10-2-7-21-22-8-16-26-14-4-13-25(18-26)15-6-20/h1-4,9-18H2/q+2. The van der Waals surface area contributed by atoms with Crippen molar-refractivity contribution in [1.29, 1.82) is 10.5 Å². The van der Waals surface area contributed by atoms with Gasteiger partial charge in [-0.2, -0.15) is 10.5 Å². The first-order valence-corrected chi connectivity index (χ1v) is 9.30. The molecule has 0 radical (unpaired) electrons. The van der Waals surface area contributed by atoms with E-state index < -0.39 is 0 Å². The fraction of sp³-hybridized carbons (Fsp3) is 0.778. The summed E-state index contributed by atoms with van der Waals surface area (Å²) in [5, 5.41) is 17.4. The van der Waals surface area contributed by atoms with Gasteiger partial charge in [-0.1, -0.05) is 0 Å². The molecular formula is C18H28N8+2. The fourth-order valence-electron chi connectivity index (χ4n) is 3.28. The van der Waals surface area contributed by atoms with Crippen LogP contribution in [-0.4, -0.2) is 85.3 Å². The van der Waals surface area contributed by atoms with Gasteiger partial charge >= 0.3 is 22.0 Å². The summed E-state index contributed by atoms with van der Waals surface area (Å²) in [6.07, 6.45) is 3.56. The van der Waals surface area contributed by atoms with E-state index in [-0.39, 0.29) is 0 Å². The second kappa shape index (κ2) is 12.2. The predicted molar refractivity (Wildman–Crippen MR) is 100 cm³/mol. The molecule has 8 heteroatoms. The van der Waals surface area contributed by atoms with Crippen LogP contribution in [0.1, 0.15) is 25.7 Å². The lowest BCUT2D eigenvalue weighted by atomic mass is 10.2. The van der Waals surface area contributed by atoms with Crippen molar-refractivity contribution in [3.8, 4) is 24.3 Å². The highest BCUT2D eigenvalue weighted by molar-refractivity contribution is 4.99. The number of nitrogens with zero attached hydrogens (tertiary/aromatic N) is 8. The molecule has 0 N–H and O–H groups in total. The molecule has 138 valence electrons. The van der Waals surface area contributed by atoms with Gasteiger partial charge < -0.3 is 0 Å². The number of hydrogen-bond acceptors (Lipinski definition) is 6.